The molecule has 0 spiro atoms. The number of carbonyl (C=O) groups excluding carboxylic acids is 1. The number of aromatic nitrogens is 2. The van der Waals surface area contributed by atoms with Gasteiger partial charge in [-0.2, -0.15) is 5.10 Å². The molecule has 0 bridgehead atoms. The van der Waals surface area contributed by atoms with Crippen LogP contribution in [0.5, 0.6) is 0 Å². The van der Waals surface area contributed by atoms with E-state index in [9.17, 15) is 9.90 Å². The Balaban J connectivity index is 1.85. The van der Waals surface area contributed by atoms with Gasteiger partial charge in [0, 0.05) is 13.6 Å². The van der Waals surface area contributed by atoms with E-state index in [1.54, 1.807) is 4.68 Å². The molecule has 1 fully saturated rings. The molecule has 0 radical (unpaired) electrons. The number of hydrogen-bond acceptors (Lipinski definition) is 4. The maximum absolute atomic E-state index is 12.0. The lowest BCUT2D eigenvalue weighted by Gasteiger charge is -2.19. The minimum Gasteiger partial charge on any atom is -0.392 e. The summed E-state index contributed by atoms with van der Waals surface area (Å²) in [6.07, 6.45) is 1.90. The van der Waals surface area contributed by atoms with Crippen LogP contribution in [0.3, 0.4) is 0 Å². The van der Waals surface area contributed by atoms with E-state index in [1.807, 2.05) is 32.8 Å². The first kappa shape index (κ1) is 15.0. The summed E-state index contributed by atoms with van der Waals surface area (Å²) in [5, 5.41) is 17.0. The topological polar surface area (TPSA) is 70.4 Å². The van der Waals surface area contributed by atoms with Gasteiger partial charge < -0.3 is 10.4 Å². The molecule has 1 amide bonds. The molecule has 0 aromatic carbocycles. The Morgan fingerprint density at radius 3 is 2.70 bits per heavy atom. The normalized spacial score (nSPS) is 16.5. The minimum absolute atomic E-state index is 0.0744. The molecule has 0 saturated heterocycles. The number of hydrogen-bond donors (Lipinski definition) is 2. The van der Waals surface area contributed by atoms with Crippen LogP contribution in [0.2, 0.25) is 0 Å². The Bertz CT molecular complexity index is 494. The standard InChI is InChI=1S/C14H24N4O2/c1-9-14(10(2)18(4)16-9)15-13(20)8-17(3)7-12(19)11-5-6-11/h11-12,19H,5-8H2,1-4H3,(H,15,20). The van der Waals surface area contributed by atoms with Crippen LogP contribution in [0.4, 0.5) is 5.69 Å². The number of amides is 1. The zero-order valence-electron chi connectivity index (χ0n) is 12.7. The quantitative estimate of drug-likeness (QED) is 0.804. The molecule has 1 aliphatic carbocycles. The van der Waals surface area contributed by atoms with Crippen molar-refractivity contribution in [3.63, 3.8) is 0 Å². The van der Waals surface area contributed by atoms with Gasteiger partial charge in [-0.1, -0.05) is 0 Å². The van der Waals surface area contributed by atoms with Crippen LogP contribution in [0.25, 0.3) is 0 Å². The molecule has 112 valence electrons. The molecule has 1 aromatic rings. The molecule has 1 heterocycles. The Morgan fingerprint density at radius 1 is 1.55 bits per heavy atom. The molecule has 6 heteroatoms. The van der Waals surface area contributed by atoms with E-state index in [1.165, 1.54) is 0 Å². The van der Waals surface area contributed by atoms with E-state index in [0.29, 0.717) is 12.5 Å². The molecular weight excluding hydrogens is 256 g/mol. The van der Waals surface area contributed by atoms with Gasteiger partial charge in [0.2, 0.25) is 5.91 Å². The number of rotatable bonds is 6. The second-order valence-corrected chi connectivity index (χ2v) is 5.82. The SMILES string of the molecule is Cc1nn(C)c(C)c1NC(=O)CN(C)CC(O)C1CC1. The van der Waals surface area contributed by atoms with Crippen LogP contribution >= 0.6 is 0 Å². The molecule has 0 aliphatic heterocycles. The van der Waals surface area contributed by atoms with E-state index in [-0.39, 0.29) is 18.6 Å². The molecule has 2 N–H and O–H groups in total. The number of carbonyl (C=O) groups is 1. The highest BCUT2D eigenvalue weighted by Gasteiger charge is 2.30. The lowest BCUT2D eigenvalue weighted by atomic mass is 10.2. The molecule has 1 unspecified atom stereocenters. The third-order valence-corrected chi connectivity index (χ3v) is 3.85. The predicted molar refractivity (Wildman–Crippen MR) is 77.5 cm³/mol. The number of aryl methyl sites for hydroxylation is 2. The third kappa shape index (κ3) is 3.58. The molecule has 1 atom stereocenters. The van der Waals surface area contributed by atoms with Crippen molar-refractivity contribution in [1.29, 1.82) is 0 Å². The summed E-state index contributed by atoms with van der Waals surface area (Å²) >= 11 is 0. The van der Waals surface area contributed by atoms with Crippen molar-refractivity contribution < 1.29 is 9.90 Å². The van der Waals surface area contributed by atoms with Gasteiger partial charge in [-0.3, -0.25) is 14.4 Å². The Morgan fingerprint density at radius 2 is 2.20 bits per heavy atom. The number of aliphatic hydroxyl groups excluding tert-OH is 1. The predicted octanol–water partition coefficient (Wildman–Crippen LogP) is 0.678. The van der Waals surface area contributed by atoms with Crippen molar-refractivity contribution >= 4 is 11.6 Å². The van der Waals surface area contributed by atoms with Gasteiger partial charge in [0.05, 0.1) is 29.7 Å². The number of aliphatic hydroxyl groups is 1. The highest BCUT2D eigenvalue weighted by Crippen LogP contribution is 2.32. The second kappa shape index (κ2) is 5.93. The van der Waals surface area contributed by atoms with Gasteiger partial charge in [-0.25, -0.2) is 0 Å². The average molecular weight is 280 g/mol. The van der Waals surface area contributed by atoms with E-state index in [0.717, 1.165) is 29.9 Å². The third-order valence-electron chi connectivity index (χ3n) is 3.85. The van der Waals surface area contributed by atoms with Gasteiger partial charge in [-0.15, -0.1) is 0 Å². The Hall–Kier alpha value is -1.40. The molecule has 6 nitrogen and oxygen atoms in total. The van der Waals surface area contributed by atoms with Crippen molar-refractivity contribution in [3.8, 4) is 0 Å². The first-order chi connectivity index (χ1) is 9.38. The van der Waals surface area contributed by atoms with Crippen molar-refractivity contribution in [2.45, 2.75) is 32.8 Å². The summed E-state index contributed by atoms with van der Waals surface area (Å²) in [5.41, 5.74) is 2.55. The molecule has 1 saturated carbocycles. The lowest BCUT2D eigenvalue weighted by molar-refractivity contribution is -0.117. The van der Waals surface area contributed by atoms with E-state index < -0.39 is 0 Å². The molecule has 1 aliphatic rings. The van der Waals surface area contributed by atoms with Crippen LogP contribution < -0.4 is 5.32 Å². The van der Waals surface area contributed by atoms with Crippen molar-refractivity contribution in [1.82, 2.24) is 14.7 Å². The second-order valence-electron chi connectivity index (χ2n) is 5.82. The van der Waals surface area contributed by atoms with Crippen molar-refractivity contribution in [2.24, 2.45) is 13.0 Å². The highest BCUT2D eigenvalue weighted by atomic mass is 16.3. The van der Waals surface area contributed by atoms with Crippen LogP contribution in [0.15, 0.2) is 0 Å². The summed E-state index contributed by atoms with van der Waals surface area (Å²) in [6.45, 7) is 4.62. The average Bonchev–Trinajstić information content (AvgIpc) is 3.15. The van der Waals surface area contributed by atoms with Gasteiger partial charge in [0.1, 0.15) is 0 Å². The Labute approximate surface area is 119 Å². The number of nitrogens with zero attached hydrogens (tertiary/aromatic N) is 3. The monoisotopic (exact) mass is 280 g/mol. The molecule has 1 aromatic heterocycles. The summed E-state index contributed by atoms with van der Waals surface area (Å²) in [4.78, 5) is 13.9. The van der Waals surface area contributed by atoms with Gasteiger partial charge in [-0.05, 0) is 39.7 Å². The maximum Gasteiger partial charge on any atom is 0.238 e. The zero-order valence-corrected chi connectivity index (χ0v) is 12.7. The van der Waals surface area contributed by atoms with E-state index in [2.05, 4.69) is 10.4 Å². The van der Waals surface area contributed by atoms with Crippen LogP contribution in [-0.2, 0) is 11.8 Å². The smallest absolute Gasteiger partial charge is 0.238 e. The van der Waals surface area contributed by atoms with Crippen molar-refractivity contribution in [2.75, 3.05) is 25.5 Å². The number of likely N-dealkylation sites (N-methyl/N-ethyl adjacent to an activating group) is 1. The van der Waals surface area contributed by atoms with Crippen LogP contribution in [0, 0.1) is 19.8 Å². The zero-order chi connectivity index (χ0) is 14.9. The fraction of sp³-hybridized carbons (Fsp3) is 0.714. The molecule has 20 heavy (non-hydrogen) atoms. The van der Waals surface area contributed by atoms with E-state index in [4.69, 9.17) is 0 Å². The minimum atomic E-state index is -0.310. The summed E-state index contributed by atoms with van der Waals surface area (Å²) in [6, 6.07) is 0. The molecule has 2 rings (SSSR count). The summed E-state index contributed by atoms with van der Waals surface area (Å²) in [5.74, 6) is 0.359. The van der Waals surface area contributed by atoms with Crippen LogP contribution in [-0.4, -0.2) is 51.9 Å². The number of anilines is 1. The first-order valence-corrected chi connectivity index (χ1v) is 7.05. The largest absolute Gasteiger partial charge is 0.392 e. The fourth-order valence-electron chi connectivity index (χ4n) is 2.39. The fourth-order valence-corrected chi connectivity index (χ4v) is 2.39. The maximum atomic E-state index is 12.0. The van der Waals surface area contributed by atoms with Crippen LogP contribution in [0.1, 0.15) is 24.2 Å². The summed E-state index contributed by atoms with van der Waals surface area (Å²) in [7, 11) is 3.71. The number of nitrogens with one attached hydrogen (secondary N) is 1. The van der Waals surface area contributed by atoms with Gasteiger partial charge in [0.25, 0.3) is 0 Å². The highest BCUT2D eigenvalue weighted by molar-refractivity contribution is 5.93. The Kier molecular flexibility index (Phi) is 4.45. The van der Waals surface area contributed by atoms with E-state index >= 15 is 0 Å². The summed E-state index contributed by atoms with van der Waals surface area (Å²) < 4.78 is 1.76. The first-order valence-electron chi connectivity index (χ1n) is 7.05. The van der Waals surface area contributed by atoms with Gasteiger partial charge in [0.15, 0.2) is 0 Å². The molecular formula is C14H24N4O2. The van der Waals surface area contributed by atoms with Gasteiger partial charge >= 0.3 is 0 Å². The lowest BCUT2D eigenvalue weighted by Crippen LogP contribution is -2.36. The van der Waals surface area contributed by atoms with Crippen molar-refractivity contribution in [3.05, 3.63) is 11.4 Å².